The summed E-state index contributed by atoms with van der Waals surface area (Å²) in [5.74, 6) is -1.33. The van der Waals surface area contributed by atoms with Gasteiger partial charge >= 0.3 is 5.63 Å². The number of aryl methyl sites for hydroxylation is 1. The van der Waals surface area contributed by atoms with Gasteiger partial charge in [0.1, 0.15) is 10.5 Å². The second kappa shape index (κ2) is 6.82. The van der Waals surface area contributed by atoms with E-state index in [-0.39, 0.29) is 46.9 Å². The summed E-state index contributed by atoms with van der Waals surface area (Å²) < 4.78 is 37.3. The maximum Gasteiger partial charge on any atom is 0.342 e. The first kappa shape index (κ1) is 19.7. The fourth-order valence-corrected chi connectivity index (χ4v) is 3.52. The summed E-state index contributed by atoms with van der Waals surface area (Å²) in [5, 5.41) is 0.473. The Balaban J connectivity index is 2.18. The zero-order valence-electron chi connectivity index (χ0n) is 14.4. The molecule has 28 heavy (non-hydrogen) atoms. The first-order chi connectivity index (χ1) is 13.0. The topological polar surface area (TPSA) is 174 Å². The fourth-order valence-electron chi connectivity index (χ4n) is 2.89. The Labute approximate surface area is 157 Å². The molecule has 148 valence electrons. The van der Waals surface area contributed by atoms with Crippen molar-refractivity contribution in [3.05, 3.63) is 33.7 Å². The quantitative estimate of drug-likeness (QED) is 0.228. The van der Waals surface area contributed by atoms with Gasteiger partial charge in [-0.15, -0.1) is 0 Å². The number of aldehydes is 1. The van der Waals surface area contributed by atoms with Gasteiger partial charge in [-0.3, -0.25) is 18.9 Å². The highest BCUT2D eigenvalue weighted by Gasteiger charge is 2.34. The van der Waals surface area contributed by atoms with Crippen molar-refractivity contribution < 1.29 is 36.6 Å². The van der Waals surface area contributed by atoms with Gasteiger partial charge in [0.15, 0.2) is 12.4 Å². The number of nitrogen functional groups attached to an aromatic ring is 1. The monoisotopic (exact) mass is 410 g/mol. The van der Waals surface area contributed by atoms with Crippen molar-refractivity contribution in [3.8, 4) is 0 Å². The predicted octanol–water partition coefficient (Wildman–Crippen LogP) is 0.251. The number of hydroxylamine groups is 2. The van der Waals surface area contributed by atoms with E-state index in [0.29, 0.717) is 5.06 Å². The maximum absolute atomic E-state index is 12.4. The van der Waals surface area contributed by atoms with E-state index in [2.05, 4.69) is 0 Å². The van der Waals surface area contributed by atoms with E-state index in [1.807, 2.05) is 0 Å². The van der Waals surface area contributed by atoms with Gasteiger partial charge in [-0.25, -0.2) is 9.63 Å². The summed E-state index contributed by atoms with van der Waals surface area (Å²) in [5.41, 5.74) is 3.90. The van der Waals surface area contributed by atoms with Gasteiger partial charge in [-0.2, -0.15) is 13.5 Å². The molecule has 2 amide bonds. The molecule has 0 aliphatic carbocycles. The van der Waals surface area contributed by atoms with Crippen LogP contribution in [0.25, 0.3) is 11.0 Å². The van der Waals surface area contributed by atoms with Crippen molar-refractivity contribution in [2.24, 2.45) is 0 Å². The van der Waals surface area contributed by atoms with Crippen molar-refractivity contribution in [1.82, 2.24) is 5.06 Å². The standard InChI is InChI=1S/C16H14N2O9S/c1-7-8-4-12(28(23,24)25)9(17)5-10(8)26-16(22)15(7)11(6-19)27-18-13(20)2-3-14(18)21/h4-6,11H,2-3,17H2,1H3,(H,23,24,25). The molecule has 0 bridgehead atoms. The van der Waals surface area contributed by atoms with E-state index in [9.17, 15) is 32.1 Å². The number of imide groups is 1. The molecule has 3 rings (SSSR count). The number of hydrogen-bond acceptors (Lipinski definition) is 9. The summed E-state index contributed by atoms with van der Waals surface area (Å²) in [6.07, 6.45) is -1.64. The van der Waals surface area contributed by atoms with Gasteiger partial charge < -0.3 is 10.2 Å². The van der Waals surface area contributed by atoms with Gasteiger partial charge in [-0.1, -0.05) is 0 Å². The minimum atomic E-state index is -4.67. The number of carbonyl (C=O) groups is 3. The van der Waals surface area contributed by atoms with Crippen molar-refractivity contribution in [2.45, 2.75) is 30.8 Å². The van der Waals surface area contributed by atoms with Crippen LogP contribution in [0.15, 0.2) is 26.2 Å². The van der Waals surface area contributed by atoms with Crippen LogP contribution in [-0.2, 0) is 29.3 Å². The molecule has 12 heteroatoms. The number of rotatable bonds is 5. The molecule has 2 aromatic rings. The third-order valence-corrected chi connectivity index (χ3v) is 5.16. The Morgan fingerprint density at radius 1 is 1.25 bits per heavy atom. The Bertz CT molecular complexity index is 1170. The molecule has 0 spiro atoms. The Kier molecular flexibility index (Phi) is 4.79. The first-order valence-electron chi connectivity index (χ1n) is 7.86. The van der Waals surface area contributed by atoms with Crippen LogP contribution >= 0.6 is 0 Å². The fraction of sp³-hybridized carbons (Fsp3) is 0.250. The zero-order valence-corrected chi connectivity index (χ0v) is 15.2. The number of carbonyl (C=O) groups excluding carboxylic acids is 3. The van der Waals surface area contributed by atoms with Crippen molar-refractivity contribution in [3.63, 3.8) is 0 Å². The van der Waals surface area contributed by atoms with Crippen LogP contribution in [0.5, 0.6) is 0 Å². The van der Waals surface area contributed by atoms with E-state index >= 15 is 0 Å². The number of amides is 2. The smallest absolute Gasteiger partial charge is 0.342 e. The molecule has 1 fully saturated rings. The number of benzene rings is 1. The summed E-state index contributed by atoms with van der Waals surface area (Å²) in [6.45, 7) is 1.38. The summed E-state index contributed by atoms with van der Waals surface area (Å²) in [6, 6.07) is 2.02. The number of nitrogens with two attached hydrogens (primary N) is 1. The molecule has 3 N–H and O–H groups in total. The minimum absolute atomic E-state index is 0.0611. The van der Waals surface area contributed by atoms with Crippen LogP contribution in [0, 0.1) is 6.92 Å². The second-order valence-corrected chi connectivity index (χ2v) is 7.42. The molecule has 1 unspecified atom stereocenters. The average molecular weight is 410 g/mol. The van der Waals surface area contributed by atoms with Gasteiger partial charge in [0.25, 0.3) is 21.9 Å². The van der Waals surface area contributed by atoms with Crippen molar-refractivity contribution in [2.75, 3.05) is 5.73 Å². The highest BCUT2D eigenvalue weighted by molar-refractivity contribution is 7.86. The molecule has 1 aliphatic heterocycles. The van der Waals surface area contributed by atoms with E-state index in [4.69, 9.17) is 15.0 Å². The van der Waals surface area contributed by atoms with E-state index in [0.717, 1.165) is 12.1 Å². The zero-order chi connectivity index (χ0) is 20.8. The van der Waals surface area contributed by atoms with E-state index < -0.39 is 38.6 Å². The lowest BCUT2D eigenvalue weighted by molar-refractivity contribution is -0.201. The largest absolute Gasteiger partial charge is 0.422 e. The molecule has 1 aliphatic rings. The molecular weight excluding hydrogens is 396 g/mol. The molecule has 2 heterocycles. The molecule has 0 radical (unpaired) electrons. The lowest BCUT2D eigenvalue weighted by Crippen LogP contribution is -2.33. The minimum Gasteiger partial charge on any atom is -0.422 e. The molecular formula is C16H14N2O9S. The predicted molar refractivity (Wildman–Crippen MR) is 92.4 cm³/mol. The van der Waals surface area contributed by atoms with Crippen LogP contribution in [0.2, 0.25) is 0 Å². The second-order valence-electron chi connectivity index (χ2n) is 6.03. The van der Waals surface area contributed by atoms with Gasteiger partial charge in [-0.05, 0) is 18.6 Å². The number of anilines is 1. The normalized spacial score (nSPS) is 16.0. The lowest BCUT2D eigenvalue weighted by atomic mass is 10.0. The SMILES string of the molecule is Cc1c(C(C=O)ON2C(=O)CCC2=O)c(=O)oc2cc(N)c(S(=O)(=O)O)cc12. The van der Waals surface area contributed by atoms with Crippen LogP contribution in [-0.4, -0.2) is 36.1 Å². The highest BCUT2D eigenvalue weighted by Crippen LogP contribution is 2.30. The molecule has 1 atom stereocenters. The molecule has 1 aromatic carbocycles. The molecule has 11 nitrogen and oxygen atoms in total. The van der Waals surface area contributed by atoms with Crippen LogP contribution in [0.1, 0.15) is 30.1 Å². The van der Waals surface area contributed by atoms with Gasteiger partial charge in [0.05, 0.1) is 11.3 Å². The number of fused-ring (bicyclic) bond motifs is 1. The Morgan fingerprint density at radius 2 is 1.86 bits per heavy atom. The number of hydrogen-bond donors (Lipinski definition) is 2. The highest BCUT2D eigenvalue weighted by atomic mass is 32.2. The first-order valence-corrected chi connectivity index (χ1v) is 9.30. The lowest BCUT2D eigenvalue weighted by Gasteiger charge is -2.19. The van der Waals surface area contributed by atoms with Gasteiger partial charge in [0.2, 0.25) is 0 Å². The number of nitrogens with zero attached hydrogens (tertiary/aromatic N) is 1. The van der Waals surface area contributed by atoms with Crippen LogP contribution in [0.3, 0.4) is 0 Å². The molecule has 1 saturated heterocycles. The van der Waals surface area contributed by atoms with Crippen LogP contribution in [0.4, 0.5) is 5.69 Å². The van der Waals surface area contributed by atoms with E-state index in [1.54, 1.807) is 0 Å². The summed E-state index contributed by atoms with van der Waals surface area (Å²) in [4.78, 5) is 51.8. The summed E-state index contributed by atoms with van der Waals surface area (Å²) in [7, 11) is -4.67. The van der Waals surface area contributed by atoms with Crippen molar-refractivity contribution >= 4 is 44.9 Å². The van der Waals surface area contributed by atoms with E-state index in [1.165, 1.54) is 6.92 Å². The Morgan fingerprint density at radius 3 is 2.39 bits per heavy atom. The van der Waals surface area contributed by atoms with Gasteiger partial charge in [0, 0.05) is 24.3 Å². The molecule has 0 saturated carbocycles. The maximum atomic E-state index is 12.4. The van der Waals surface area contributed by atoms with Crippen LogP contribution < -0.4 is 11.4 Å². The third-order valence-electron chi connectivity index (χ3n) is 4.25. The summed E-state index contributed by atoms with van der Waals surface area (Å²) >= 11 is 0. The average Bonchev–Trinajstić information content (AvgIpc) is 2.90. The molecule has 1 aromatic heterocycles. The third kappa shape index (κ3) is 3.28. The van der Waals surface area contributed by atoms with Crippen molar-refractivity contribution in [1.29, 1.82) is 0 Å². The Hall–Kier alpha value is -3.09.